The average Bonchev–Trinajstić information content (AvgIpc) is 3.13. The molecule has 1 aliphatic rings. The average molecular weight is 332 g/mol. The summed E-state index contributed by atoms with van der Waals surface area (Å²) in [4.78, 5) is 0. The Labute approximate surface area is 149 Å². The minimum absolute atomic E-state index is 0.536. The summed E-state index contributed by atoms with van der Waals surface area (Å²) in [7, 11) is 0. The van der Waals surface area contributed by atoms with Crippen molar-refractivity contribution in [1.29, 1.82) is 0 Å². The highest BCUT2D eigenvalue weighted by atomic mass is 16.5. The maximum atomic E-state index is 5.91. The van der Waals surface area contributed by atoms with Gasteiger partial charge < -0.3 is 9.15 Å². The predicted octanol–water partition coefficient (Wildman–Crippen LogP) is 6.43. The number of fused-ring (bicyclic) bond motifs is 2. The number of hydrogen-bond donors (Lipinski definition) is 0. The largest absolute Gasteiger partial charge is 0.489 e. The Hall–Kier alpha value is -2.48. The molecule has 4 rings (SSSR count). The van der Waals surface area contributed by atoms with E-state index >= 15 is 0 Å². The van der Waals surface area contributed by atoms with Crippen LogP contribution in [0.15, 0.2) is 64.8 Å². The summed E-state index contributed by atoms with van der Waals surface area (Å²) in [6.07, 6.45) is 6.41. The van der Waals surface area contributed by atoms with Gasteiger partial charge in [-0.1, -0.05) is 38.1 Å². The molecule has 0 N–H and O–H groups in total. The van der Waals surface area contributed by atoms with E-state index < -0.39 is 0 Å². The molecule has 2 aromatic carbocycles. The summed E-state index contributed by atoms with van der Waals surface area (Å²) < 4.78 is 11.3. The smallest absolute Gasteiger partial charge is 0.133 e. The SMILES string of the molecule is CC(CCC(C)c1ccc2occc2c1)C1=Cc2ccccc2OC1. The van der Waals surface area contributed by atoms with Crippen LogP contribution in [0.4, 0.5) is 0 Å². The van der Waals surface area contributed by atoms with Crippen molar-refractivity contribution in [3.05, 3.63) is 71.5 Å². The van der Waals surface area contributed by atoms with Crippen LogP contribution in [0, 0.1) is 5.92 Å². The molecule has 2 atom stereocenters. The molecule has 128 valence electrons. The number of ether oxygens (including phenoxy) is 1. The molecule has 0 spiro atoms. The Morgan fingerprint density at radius 2 is 1.80 bits per heavy atom. The fourth-order valence-corrected chi connectivity index (χ4v) is 3.56. The molecule has 0 saturated carbocycles. The van der Waals surface area contributed by atoms with Crippen LogP contribution >= 0.6 is 0 Å². The van der Waals surface area contributed by atoms with E-state index in [1.54, 1.807) is 6.26 Å². The predicted molar refractivity (Wildman–Crippen MR) is 103 cm³/mol. The van der Waals surface area contributed by atoms with Crippen LogP contribution in [0.25, 0.3) is 17.0 Å². The van der Waals surface area contributed by atoms with E-state index in [4.69, 9.17) is 9.15 Å². The second kappa shape index (κ2) is 6.79. The normalized spacial score (nSPS) is 16.0. The second-order valence-corrected chi connectivity index (χ2v) is 7.14. The van der Waals surface area contributed by atoms with Crippen LogP contribution < -0.4 is 4.74 Å². The third-order valence-electron chi connectivity index (χ3n) is 5.37. The molecule has 0 bridgehead atoms. The Kier molecular flexibility index (Phi) is 4.35. The molecular formula is C23H24O2. The van der Waals surface area contributed by atoms with Gasteiger partial charge in [0.25, 0.3) is 0 Å². The number of rotatable bonds is 5. The third-order valence-corrected chi connectivity index (χ3v) is 5.37. The Morgan fingerprint density at radius 1 is 0.960 bits per heavy atom. The van der Waals surface area contributed by atoms with Gasteiger partial charge in [0, 0.05) is 10.9 Å². The number of para-hydroxylation sites is 1. The van der Waals surface area contributed by atoms with Crippen LogP contribution in [-0.4, -0.2) is 6.61 Å². The van der Waals surface area contributed by atoms with Crippen LogP contribution in [-0.2, 0) is 0 Å². The van der Waals surface area contributed by atoms with Gasteiger partial charge in [0.2, 0.25) is 0 Å². The summed E-state index contributed by atoms with van der Waals surface area (Å²) in [6.45, 7) is 5.34. The van der Waals surface area contributed by atoms with Gasteiger partial charge in [0.15, 0.2) is 0 Å². The van der Waals surface area contributed by atoms with Gasteiger partial charge in [0.1, 0.15) is 17.9 Å². The van der Waals surface area contributed by atoms with Gasteiger partial charge in [-0.05, 0) is 66.2 Å². The highest BCUT2D eigenvalue weighted by Crippen LogP contribution is 2.32. The number of furan rings is 1. The summed E-state index contributed by atoms with van der Waals surface area (Å²) in [5.41, 5.74) is 4.96. The first kappa shape index (κ1) is 16.0. The van der Waals surface area contributed by atoms with Crippen LogP contribution in [0.5, 0.6) is 5.75 Å². The van der Waals surface area contributed by atoms with Crippen LogP contribution in [0.3, 0.4) is 0 Å². The first-order chi connectivity index (χ1) is 12.2. The van der Waals surface area contributed by atoms with Gasteiger partial charge in [0.05, 0.1) is 6.26 Å². The van der Waals surface area contributed by atoms with Crippen molar-refractivity contribution < 1.29 is 9.15 Å². The first-order valence-corrected chi connectivity index (χ1v) is 9.10. The fourth-order valence-electron chi connectivity index (χ4n) is 3.56. The molecule has 0 radical (unpaired) electrons. The molecule has 1 aliphatic heterocycles. The molecule has 0 aliphatic carbocycles. The van der Waals surface area contributed by atoms with Gasteiger partial charge in [-0.15, -0.1) is 0 Å². The zero-order chi connectivity index (χ0) is 17.2. The fraction of sp³-hybridized carbons (Fsp3) is 0.304. The molecule has 2 nitrogen and oxygen atoms in total. The molecule has 2 heterocycles. The third kappa shape index (κ3) is 3.34. The van der Waals surface area contributed by atoms with Crippen molar-refractivity contribution in [2.45, 2.75) is 32.6 Å². The monoisotopic (exact) mass is 332 g/mol. The lowest BCUT2D eigenvalue weighted by Crippen LogP contribution is -2.13. The Bertz CT molecular complexity index is 903. The van der Waals surface area contributed by atoms with Crippen molar-refractivity contribution in [3.63, 3.8) is 0 Å². The van der Waals surface area contributed by atoms with Crippen molar-refractivity contribution in [1.82, 2.24) is 0 Å². The molecule has 2 unspecified atom stereocenters. The molecule has 0 fully saturated rings. The molecular weight excluding hydrogens is 308 g/mol. The molecule has 25 heavy (non-hydrogen) atoms. The quantitative estimate of drug-likeness (QED) is 0.537. The Morgan fingerprint density at radius 3 is 2.72 bits per heavy atom. The van der Waals surface area contributed by atoms with Crippen molar-refractivity contribution >= 4 is 17.0 Å². The summed E-state index contributed by atoms with van der Waals surface area (Å²) >= 11 is 0. The van der Waals surface area contributed by atoms with E-state index in [1.165, 1.54) is 34.9 Å². The topological polar surface area (TPSA) is 22.4 Å². The second-order valence-electron chi connectivity index (χ2n) is 7.14. The zero-order valence-electron chi connectivity index (χ0n) is 14.9. The van der Waals surface area contributed by atoms with E-state index in [1.807, 2.05) is 18.2 Å². The minimum atomic E-state index is 0.536. The molecule has 1 aromatic heterocycles. The van der Waals surface area contributed by atoms with E-state index in [9.17, 15) is 0 Å². The summed E-state index contributed by atoms with van der Waals surface area (Å²) in [6, 6.07) is 16.8. The zero-order valence-corrected chi connectivity index (χ0v) is 14.9. The molecule has 2 heteroatoms. The van der Waals surface area contributed by atoms with E-state index in [0.29, 0.717) is 18.4 Å². The minimum Gasteiger partial charge on any atom is -0.489 e. The Balaban J connectivity index is 1.41. The molecule has 0 amide bonds. The van der Waals surface area contributed by atoms with E-state index in [2.05, 4.69) is 50.3 Å². The van der Waals surface area contributed by atoms with Gasteiger partial charge in [-0.2, -0.15) is 0 Å². The lowest BCUT2D eigenvalue weighted by atomic mass is 9.87. The van der Waals surface area contributed by atoms with Crippen LogP contribution in [0.1, 0.15) is 43.7 Å². The summed E-state index contributed by atoms with van der Waals surface area (Å²) in [5, 5.41) is 1.19. The standard InChI is InChI=1S/C23H24O2/c1-16(18-9-10-23-20(13-18)11-12-24-23)7-8-17(2)21-14-19-5-3-4-6-22(19)25-15-21/h3-6,9-14,16-17H,7-8,15H2,1-2H3. The first-order valence-electron chi connectivity index (χ1n) is 9.10. The van der Waals surface area contributed by atoms with Crippen molar-refractivity contribution in [2.75, 3.05) is 6.61 Å². The van der Waals surface area contributed by atoms with Crippen molar-refractivity contribution in [3.8, 4) is 5.75 Å². The molecule has 3 aromatic rings. The van der Waals surface area contributed by atoms with E-state index in [-0.39, 0.29) is 0 Å². The highest BCUT2D eigenvalue weighted by molar-refractivity contribution is 5.77. The maximum absolute atomic E-state index is 5.91. The van der Waals surface area contributed by atoms with Gasteiger partial charge in [-0.25, -0.2) is 0 Å². The summed E-state index contributed by atoms with van der Waals surface area (Å²) in [5.74, 6) is 2.08. The number of hydrogen-bond acceptors (Lipinski definition) is 2. The van der Waals surface area contributed by atoms with E-state index in [0.717, 1.165) is 11.3 Å². The van der Waals surface area contributed by atoms with Crippen molar-refractivity contribution in [2.24, 2.45) is 5.92 Å². The van der Waals surface area contributed by atoms with Gasteiger partial charge >= 0.3 is 0 Å². The highest BCUT2D eigenvalue weighted by Gasteiger charge is 2.17. The number of benzene rings is 2. The maximum Gasteiger partial charge on any atom is 0.133 e. The van der Waals surface area contributed by atoms with Crippen LogP contribution in [0.2, 0.25) is 0 Å². The lowest BCUT2D eigenvalue weighted by Gasteiger charge is -2.23. The van der Waals surface area contributed by atoms with Gasteiger partial charge in [-0.3, -0.25) is 0 Å². The lowest BCUT2D eigenvalue weighted by molar-refractivity contribution is 0.327. The molecule has 0 saturated heterocycles.